The molecule has 130 valence electrons. The minimum Gasteiger partial charge on any atom is -0.507 e. The number of hydrogen-bond acceptors (Lipinski definition) is 5. The van der Waals surface area contributed by atoms with Crippen molar-refractivity contribution in [1.82, 2.24) is 0 Å². The lowest BCUT2D eigenvalue weighted by atomic mass is 10.0. The highest BCUT2D eigenvalue weighted by atomic mass is 32.2. The molecule has 0 aliphatic carbocycles. The van der Waals surface area contributed by atoms with Crippen molar-refractivity contribution < 1.29 is 17.9 Å². The van der Waals surface area contributed by atoms with E-state index < -0.39 is 16.7 Å². The number of aromatic hydroxyl groups is 1. The van der Waals surface area contributed by atoms with Crippen LogP contribution in [0.25, 0.3) is 11.0 Å². The first-order chi connectivity index (χ1) is 12.0. The molecule has 2 aromatic carbocycles. The Bertz CT molecular complexity index is 989. The van der Waals surface area contributed by atoms with Gasteiger partial charge in [0.1, 0.15) is 17.1 Å². The molecule has 1 atom stereocenters. The molecule has 5 nitrogen and oxygen atoms in total. The van der Waals surface area contributed by atoms with Gasteiger partial charge in [-0.1, -0.05) is 31.0 Å². The van der Waals surface area contributed by atoms with E-state index in [1.54, 1.807) is 12.1 Å². The van der Waals surface area contributed by atoms with Crippen molar-refractivity contribution in [3.05, 3.63) is 64.0 Å². The zero-order valence-electron chi connectivity index (χ0n) is 13.9. The monoisotopic (exact) mass is 358 g/mol. The Balaban J connectivity index is 1.99. The number of rotatable bonds is 5. The first-order valence-corrected chi connectivity index (χ1v) is 9.02. The molecule has 3 rings (SSSR count). The standard InChI is InChI=1S/C19H18O5S/c1-3-4-13-9-18(21)23-17-11-14(10-16(20)19(13)17)24-25(22)15-7-5-12(2)6-8-15/h5-11,20H,3-4H2,1-2H3. The van der Waals surface area contributed by atoms with Crippen LogP contribution in [0.3, 0.4) is 0 Å². The lowest BCUT2D eigenvalue weighted by Gasteiger charge is -2.09. The molecule has 0 amide bonds. The third-order valence-electron chi connectivity index (χ3n) is 3.78. The van der Waals surface area contributed by atoms with Crippen molar-refractivity contribution >= 4 is 22.0 Å². The van der Waals surface area contributed by atoms with Gasteiger partial charge in [0.2, 0.25) is 11.1 Å². The highest BCUT2D eigenvalue weighted by molar-refractivity contribution is 7.80. The average Bonchev–Trinajstić information content (AvgIpc) is 2.54. The first-order valence-electron chi connectivity index (χ1n) is 7.94. The molecule has 0 aliphatic heterocycles. The highest BCUT2D eigenvalue weighted by Gasteiger charge is 2.14. The number of hydrogen-bond donors (Lipinski definition) is 1. The molecule has 1 heterocycles. The van der Waals surface area contributed by atoms with E-state index in [9.17, 15) is 14.1 Å². The van der Waals surface area contributed by atoms with Gasteiger partial charge in [-0.2, -0.15) is 0 Å². The summed E-state index contributed by atoms with van der Waals surface area (Å²) in [5, 5.41) is 10.8. The third-order valence-corrected chi connectivity index (χ3v) is 4.78. The van der Waals surface area contributed by atoms with Gasteiger partial charge in [0, 0.05) is 18.2 Å². The van der Waals surface area contributed by atoms with Crippen LogP contribution in [0, 0.1) is 6.92 Å². The van der Waals surface area contributed by atoms with E-state index in [1.165, 1.54) is 18.2 Å². The second kappa shape index (κ2) is 7.11. The largest absolute Gasteiger partial charge is 0.507 e. The SMILES string of the molecule is CCCc1cc(=O)oc2cc(OS(=O)c3ccc(C)cc3)cc(O)c12. The molecular formula is C19H18O5S. The number of benzene rings is 2. The quantitative estimate of drug-likeness (QED) is 0.701. The normalized spacial score (nSPS) is 12.2. The number of phenols is 1. The summed E-state index contributed by atoms with van der Waals surface area (Å²) in [5.41, 5.74) is 1.49. The lowest BCUT2D eigenvalue weighted by Crippen LogP contribution is -2.03. The predicted molar refractivity (Wildman–Crippen MR) is 96.4 cm³/mol. The van der Waals surface area contributed by atoms with Gasteiger partial charge in [-0.15, -0.1) is 0 Å². The van der Waals surface area contributed by atoms with E-state index in [2.05, 4.69) is 0 Å². The van der Waals surface area contributed by atoms with E-state index in [4.69, 9.17) is 8.60 Å². The van der Waals surface area contributed by atoms with Crippen LogP contribution >= 0.6 is 0 Å². The molecule has 3 aromatic rings. The molecular weight excluding hydrogens is 340 g/mol. The van der Waals surface area contributed by atoms with E-state index in [-0.39, 0.29) is 17.1 Å². The van der Waals surface area contributed by atoms with Crippen molar-refractivity contribution in [2.45, 2.75) is 31.6 Å². The Morgan fingerprint density at radius 2 is 1.88 bits per heavy atom. The lowest BCUT2D eigenvalue weighted by molar-refractivity contribution is 0.473. The number of aryl methyl sites for hydroxylation is 2. The molecule has 25 heavy (non-hydrogen) atoms. The van der Waals surface area contributed by atoms with E-state index in [0.717, 1.165) is 17.5 Å². The molecule has 0 aliphatic rings. The smallest absolute Gasteiger partial charge is 0.336 e. The van der Waals surface area contributed by atoms with Crippen LogP contribution in [0.2, 0.25) is 0 Å². The van der Waals surface area contributed by atoms with Gasteiger partial charge < -0.3 is 13.7 Å². The Kier molecular flexibility index (Phi) is 4.90. The van der Waals surface area contributed by atoms with Crippen LogP contribution in [-0.2, 0) is 17.5 Å². The maximum atomic E-state index is 12.3. The average molecular weight is 358 g/mol. The zero-order chi connectivity index (χ0) is 18.0. The van der Waals surface area contributed by atoms with Gasteiger partial charge in [-0.25, -0.2) is 9.00 Å². The molecule has 1 N–H and O–H groups in total. The maximum Gasteiger partial charge on any atom is 0.336 e. The fraction of sp³-hybridized carbons (Fsp3) is 0.211. The van der Waals surface area contributed by atoms with Crippen molar-refractivity contribution in [3.63, 3.8) is 0 Å². The second-order valence-corrected chi connectivity index (χ2v) is 6.89. The minimum absolute atomic E-state index is 0.0689. The zero-order valence-corrected chi connectivity index (χ0v) is 14.8. The summed E-state index contributed by atoms with van der Waals surface area (Å²) in [6.07, 6.45) is 1.47. The topological polar surface area (TPSA) is 76.7 Å². The summed E-state index contributed by atoms with van der Waals surface area (Å²) < 4.78 is 22.9. The van der Waals surface area contributed by atoms with Crippen molar-refractivity contribution in [1.29, 1.82) is 0 Å². The van der Waals surface area contributed by atoms with Crippen molar-refractivity contribution in [3.8, 4) is 11.5 Å². The highest BCUT2D eigenvalue weighted by Crippen LogP contribution is 2.33. The third kappa shape index (κ3) is 3.74. The van der Waals surface area contributed by atoms with Crippen LogP contribution in [0.5, 0.6) is 11.5 Å². The summed E-state index contributed by atoms with van der Waals surface area (Å²) in [5.74, 6) is 0.0984. The van der Waals surface area contributed by atoms with Gasteiger partial charge >= 0.3 is 5.63 Å². The van der Waals surface area contributed by atoms with E-state index in [0.29, 0.717) is 16.7 Å². The van der Waals surface area contributed by atoms with Crippen LogP contribution in [0.15, 0.2) is 56.6 Å². The van der Waals surface area contributed by atoms with Crippen LogP contribution in [0.4, 0.5) is 0 Å². The van der Waals surface area contributed by atoms with E-state index >= 15 is 0 Å². The fourth-order valence-electron chi connectivity index (χ4n) is 2.63. The van der Waals surface area contributed by atoms with Gasteiger partial charge in [0.05, 0.1) is 10.3 Å². The van der Waals surface area contributed by atoms with Gasteiger partial charge in [-0.3, -0.25) is 0 Å². The van der Waals surface area contributed by atoms with Crippen LogP contribution < -0.4 is 9.81 Å². The molecule has 0 radical (unpaired) electrons. The molecule has 1 unspecified atom stereocenters. The molecule has 0 bridgehead atoms. The fourth-order valence-corrected chi connectivity index (χ4v) is 3.36. The Morgan fingerprint density at radius 3 is 2.56 bits per heavy atom. The molecule has 0 saturated heterocycles. The number of phenolic OH excluding ortho intramolecular Hbond substituents is 1. The summed E-state index contributed by atoms with van der Waals surface area (Å²) >= 11 is -1.74. The summed E-state index contributed by atoms with van der Waals surface area (Å²) in [6.45, 7) is 3.92. The van der Waals surface area contributed by atoms with Crippen molar-refractivity contribution in [2.75, 3.05) is 0 Å². The van der Waals surface area contributed by atoms with Crippen molar-refractivity contribution in [2.24, 2.45) is 0 Å². The maximum absolute atomic E-state index is 12.3. The summed E-state index contributed by atoms with van der Waals surface area (Å²) in [6, 6.07) is 11.3. The molecule has 0 saturated carbocycles. The first kappa shape index (κ1) is 17.2. The molecule has 6 heteroatoms. The summed E-state index contributed by atoms with van der Waals surface area (Å²) in [4.78, 5) is 12.2. The minimum atomic E-state index is -1.74. The molecule has 0 fully saturated rings. The number of fused-ring (bicyclic) bond motifs is 1. The Morgan fingerprint density at radius 1 is 1.16 bits per heavy atom. The predicted octanol–water partition coefficient (Wildman–Crippen LogP) is 3.86. The summed E-state index contributed by atoms with van der Waals surface area (Å²) in [7, 11) is 0. The van der Waals surface area contributed by atoms with E-state index in [1.807, 2.05) is 26.0 Å². The van der Waals surface area contributed by atoms with Gasteiger partial charge in [0.25, 0.3) is 0 Å². The molecule has 0 spiro atoms. The van der Waals surface area contributed by atoms with Gasteiger partial charge in [0.15, 0.2) is 0 Å². The Labute approximate surface area is 147 Å². The van der Waals surface area contributed by atoms with Gasteiger partial charge in [-0.05, 0) is 31.0 Å². The second-order valence-electron chi connectivity index (χ2n) is 5.79. The Hall–Kier alpha value is -2.60. The van der Waals surface area contributed by atoms with Crippen LogP contribution in [0.1, 0.15) is 24.5 Å². The molecule has 1 aromatic heterocycles. The van der Waals surface area contributed by atoms with Crippen LogP contribution in [-0.4, -0.2) is 9.32 Å².